The minimum absolute atomic E-state index is 0.404. The Hall–Kier alpha value is -1.76. The summed E-state index contributed by atoms with van der Waals surface area (Å²) >= 11 is 14.4. The molecule has 1 unspecified atom stereocenters. The van der Waals surface area contributed by atoms with Crippen LogP contribution in [0.15, 0.2) is 41.3 Å². The maximum Gasteiger partial charge on any atom is 0.266 e. The molecule has 1 aliphatic heterocycles. The first-order chi connectivity index (χ1) is 12.9. The maximum atomic E-state index is 12.7. The Morgan fingerprint density at radius 1 is 1.00 bits per heavy atom. The van der Waals surface area contributed by atoms with Crippen molar-refractivity contribution < 1.29 is 19.0 Å². The lowest BCUT2D eigenvalue weighted by molar-refractivity contribution is -0.125. The molecule has 1 amide bonds. The van der Waals surface area contributed by atoms with Crippen molar-refractivity contribution in [3.8, 4) is 17.2 Å². The van der Waals surface area contributed by atoms with Crippen LogP contribution in [-0.4, -0.2) is 37.8 Å². The second-order valence-electron chi connectivity index (χ2n) is 5.86. The third kappa shape index (κ3) is 3.30. The molecule has 8 heteroatoms. The third-order valence-electron chi connectivity index (χ3n) is 4.46. The summed E-state index contributed by atoms with van der Waals surface area (Å²) in [7, 11) is 4.56. The van der Waals surface area contributed by atoms with Gasteiger partial charge in [0.1, 0.15) is 6.04 Å². The van der Waals surface area contributed by atoms with E-state index >= 15 is 0 Å². The zero-order chi connectivity index (χ0) is 19.8. The van der Waals surface area contributed by atoms with Crippen LogP contribution in [0.3, 0.4) is 0 Å². The first-order valence-corrected chi connectivity index (χ1v) is 10.0. The van der Waals surface area contributed by atoms with Crippen LogP contribution in [-0.2, 0) is 4.79 Å². The molecular formula is C19H19Cl2NO4S. The van der Waals surface area contributed by atoms with Crippen LogP contribution in [0.4, 0.5) is 5.69 Å². The largest absolute Gasteiger partial charge is 0.493 e. The van der Waals surface area contributed by atoms with Crippen LogP contribution in [0.1, 0.15) is 11.6 Å². The number of halogens is 2. The Morgan fingerprint density at radius 2 is 1.56 bits per heavy atom. The first kappa shape index (κ1) is 20.0. The van der Waals surface area contributed by atoms with Crippen molar-refractivity contribution in [1.29, 1.82) is 0 Å². The quantitative estimate of drug-likeness (QED) is 0.379. The predicted molar refractivity (Wildman–Crippen MR) is 109 cm³/mol. The highest BCUT2D eigenvalue weighted by molar-refractivity contribution is 7.98. The smallest absolute Gasteiger partial charge is 0.266 e. The number of rotatable bonds is 6. The second-order valence-corrected chi connectivity index (χ2v) is 8.12. The van der Waals surface area contributed by atoms with Crippen molar-refractivity contribution in [3.63, 3.8) is 0 Å². The highest BCUT2D eigenvalue weighted by atomic mass is 35.5. The van der Waals surface area contributed by atoms with Gasteiger partial charge in [-0.25, -0.2) is 0 Å². The number of carbonyl (C=O) groups is 1. The average Bonchev–Trinajstić information content (AvgIpc) is 2.70. The number of carbonyl (C=O) groups excluding carboxylic acids is 1. The Morgan fingerprint density at radius 3 is 2.00 bits per heavy atom. The van der Waals surface area contributed by atoms with E-state index in [9.17, 15) is 4.79 Å². The average molecular weight is 428 g/mol. The van der Waals surface area contributed by atoms with E-state index in [1.807, 2.05) is 30.5 Å². The van der Waals surface area contributed by atoms with E-state index in [1.165, 1.54) is 21.3 Å². The highest BCUT2D eigenvalue weighted by Gasteiger charge is 2.60. The summed E-state index contributed by atoms with van der Waals surface area (Å²) in [5.41, 5.74) is 1.40. The first-order valence-electron chi connectivity index (χ1n) is 8.04. The van der Waals surface area contributed by atoms with Gasteiger partial charge in [0.05, 0.1) is 27.0 Å². The molecule has 2 aromatic rings. The van der Waals surface area contributed by atoms with E-state index in [2.05, 4.69) is 0 Å². The van der Waals surface area contributed by atoms with E-state index < -0.39 is 16.3 Å². The number of hydrogen-bond acceptors (Lipinski definition) is 5. The summed E-state index contributed by atoms with van der Waals surface area (Å²) in [6, 6.07) is 10.7. The molecule has 1 aliphatic rings. The number of ether oxygens (including phenoxy) is 3. The topological polar surface area (TPSA) is 48.0 Å². The summed E-state index contributed by atoms with van der Waals surface area (Å²) in [5, 5.41) is 0. The third-order valence-corrected chi connectivity index (χ3v) is 5.95. The maximum absolute atomic E-state index is 12.7. The van der Waals surface area contributed by atoms with Crippen LogP contribution < -0.4 is 19.1 Å². The van der Waals surface area contributed by atoms with Crippen molar-refractivity contribution in [2.75, 3.05) is 32.5 Å². The van der Waals surface area contributed by atoms with Crippen molar-refractivity contribution in [3.05, 3.63) is 42.0 Å². The number of alkyl halides is 2. The molecule has 0 radical (unpaired) electrons. The fourth-order valence-corrected chi connectivity index (χ4v) is 4.15. The lowest BCUT2D eigenvalue weighted by Crippen LogP contribution is -2.62. The molecule has 2 aromatic carbocycles. The molecule has 1 fully saturated rings. The van der Waals surface area contributed by atoms with Gasteiger partial charge < -0.3 is 14.2 Å². The van der Waals surface area contributed by atoms with Crippen molar-refractivity contribution >= 4 is 46.6 Å². The number of β-lactam (4-membered cyclic amide) rings is 1. The van der Waals surface area contributed by atoms with Crippen LogP contribution in [0.25, 0.3) is 0 Å². The standard InChI is InChI=1S/C19H19Cl2NO4S/c1-24-14-9-12(10-15(25-2)16(14)26-3)22-17(19(20,21)18(22)23)11-5-7-13(27-4)8-6-11/h5-10,17H,1-4H3. The molecule has 0 spiro atoms. The number of methoxy groups -OCH3 is 3. The van der Waals surface area contributed by atoms with E-state index in [0.717, 1.165) is 10.5 Å². The molecule has 0 aliphatic carbocycles. The van der Waals surface area contributed by atoms with Gasteiger partial charge in [-0.3, -0.25) is 9.69 Å². The van der Waals surface area contributed by atoms with Gasteiger partial charge in [0, 0.05) is 17.0 Å². The van der Waals surface area contributed by atoms with Gasteiger partial charge >= 0.3 is 0 Å². The van der Waals surface area contributed by atoms with Crippen LogP contribution in [0.2, 0.25) is 0 Å². The normalized spacial score (nSPS) is 18.1. The van der Waals surface area contributed by atoms with E-state index in [-0.39, 0.29) is 0 Å². The van der Waals surface area contributed by atoms with Crippen molar-refractivity contribution in [1.82, 2.24) is 0 Å². The summed E-state index contributed by atoms with van der Waals surface area (Å²) in [4.78, 5) is 15.3. The molecule has 0 aromatic heterocycles. The monoisotopic (exact) mass is 427 g/mol. The molecule has 1 heterocycles. The summed E-state index contributed by atoms with van der Waals surface area (Å²) in [5.74, 6) is 0.926. The number of hydrogen-bond donors (Lipinski definition) is 0. The number of amides is 1. The Balaban J connectivity index is 2.07. The summed E-state index contributed by atoms with van der Waals surface area (Å²) < 4.78 is 14.6. The second kappa shape index (κ2) is 7.70. The van der Waals surface area contributed by atoms with E-state index in [1.54, 1.807) is 28.8 Å². The fourth-order valence-electron chi connectivity index (χ4n) is 3.11. The van der Waals surface area contributed by atoms with Gasteiger partial charge in [-0.05, 0) is 24.0 Å². The molecule has 0 bridgehead atoms. The van der Waals surface area contributed by atoms with Gasteiger partial charge in [0.2, 0.25) is 10.1 Å². The fraction of sp³-hybridized carbons (Fsp3) is 0.316. The Bertz CT molecular complexity index is 832. The lowest BCUT2D eigenvalue weighted by atomic mass is 9.91. The highest BCUT2D eigenvalue weighted by Crippen LogP contribution is 2.54. The van der Waals surface area contributed by atoms with Crippen LogP contribution in [0.5, 0.6) is 17.2 Å². The zero-order valence-electron chi connectivity index (χ0n) is 15.3. The van der Waals surface area contributed by atoms with Crippen LogP contribution >= 0.6 is 35.0 Å². The number of anilines is 1. The molecule has 0 saturated carbocycles. The van der Waals surface area contributed by atoms with Crippen molar-refractivity contribution in [2.24, 2.45) is 0 Å². The van der Waals surface area contributed by atoms with Crippen LogP contribution in [0, 0.1) is 0 Å². The molecule has 5 nitrogen and oxygen atoms in total. The molecule has 27 heavy (non-hydrogen) atoms. The van der Waals surface area contributed by atoms with Gasteiger partial charge in [-0.15, -0.1) is 11.8 Å². The number of nitrogens with zero attached hydrogens (tertiary/aromatic N) is 1. The Labute approximate surface area is 172 Å². The molecular weight excluding hydrogens is 409 g/mol. The SMILES string of the molecule is COc1cc(N2C(=O)C(Cl)(Cl)C2c2ccc(SC)cc2)cc(OC)c1OC. The number of benzene rings is 2. The summed E-state index contributed by atoms with van der Waals surface area (Å²) in [6.07, 6.45) is 2.00. The Kier molecular flexibility index (Phi) is 5.70. The van der Waals surface area contributed by atoms with Crippen molar-refractivity contribution in [2.45, 2.75) is 15.3 Å². The molecule has 3 rings (SSSR count). The van der Waals surface area contributed by atoms with Gasteiger partial charge in [-0.2, -0.15) is 0 Å². The van der Waals surface area contributed by atoms with Gasteiger partial charge in [0.25, 0.3) is 5.91 Å². The van der Waals surface area contributed by atoms with E-state index in [0.29, 0.717) is 22.9 Å². The molecule has 1 saturated heterocycles. The minimum Gasteiger partial charge on any atom is -0.493 e. The lowest BCUT2D eigenvalue weighted by Gasteiger charge is -2.49. The molecule has 0 N–H and O–H groups in total. The van der Waals surface area contributed by atoms with Gasteiger partial charge in [-0.1, -0.05) is 35.3 Å². The molecule has 144 valence electrons. The molecule has 1 atom stereocenters. The zero-order valence-corrected chi connectivity index (χ0v) is 17.6. The number of thioether (sulfide) groups is 1. The van der Waals surface area contributed by atoms with E-state index in [4.69, 9.17) is 37.4 Å². The van der Waals surface area contributed by atoms with Gasteiger partial charge in [0.15, 0.2) is 11.5 Å². The minimum atomic E-state index is -1.54. The summed E-state index contributed by atoms with van der Waals surface area (Å²) in [6.45, 7) is 0. The predicted octanol–water partition coefficient (Wildman–Crippen LogP) is 4.70.